The van der Waals surface area contributed by atoms with Crippen LogP contribution in [0.15, 0.2) is 0 Å². The maximum atomic E-state index is 6.28. The van der Waals surface area contributed by atoms with Crippen molar-refractivity contribution in [1.29, 1.82) is 5.41 Å². The third kappa shape index (κ3) is 88.0. The van der Waals surface area contributed by atoms with Crippen LogP contribution in [0.2, 0.25) is 0 Å². The van der Waals surface area contributed by atoms with E-state index in [2.05, 4.69) is 37.2 Å². The lowest BCUT2D eigenvalue weighted by molar-refractivity contribution is 1.42. The molecule has 0 rings (SSSR count). The van der Waals surface area contributed by atoms with E-state index in [4.69, 9.17) is 11.1 Å². The molecule has 0 aliphatic carbocycles. The third-order valence-corrected chi connectivity index (χ3v) is 0. The number of halogens is 2. The van der Waals surface area contributed by atoms with Gasteiger partial charge in [0.2, 0.25) is 0 Å². The lowest BCUT2D eigenvalue weighted by Gasteiger charge is -1.66. The largest absolute Gasteiger partial charge is 0.388 e. The smallest absolute Gasteiger partial charge is 0.0873 e. The molecule has 4 heteroatoms. The summed E-state index contributed by atoms with van der Waals surface area (Å²) < 4.78 is 0. The molecule has 0 spiro atoms. The van der Waals surface area contributed by atoms with Gasteiger partial charge in [0, 0.05) is 37.2 Å². The number of hydrogen-bond acceptors (Lipinski definition) is 1. The Labute approximate surface area is 60.7 Å². The minimum atomic E-state index is 0.167. The van der Waals surface area contributed by atoms with Crippen LogP contribution in [0.3, 0.4) is 0 Å². The molecule has 0 heterocycles. The lowest BCUT2D eigenvalue weighted by atomic mass is 10.8. The Morgan fingerprint density at radius 2 is 1.67 bits per heavy atom. The zero-order chi connectivity index (χ0) is 5.58. The van der Waals surface area contributed by atoms with E-state index in [0.717, 1.165) is 0 Å². The SMILES string of the molecule is CC(=N)N.II. The highest BCUT2D eigenvalue weighted by Gasteiger charge is 1.53. The number of nitrogens with two attached hydrogens (primary N) is 1. The predicted molar refractivity (Wildman–Crippen MR) is 45.6 cm³/mol. The Morgan fingerprint density at radius 3 is 1.67 bits per heavy atom. The van der Waals surface area contributed by atoms with Gasteiger partial charge in [-0.3, -0.25) is 5.41 Å². The van der Waals surface area contributed by atoms with Crippen LogP contribution in [0.1, 0.15) is 6.92 Å². The summed E-state index contributed by atoms with van der Waals surface area (Å²) in [4.78, 5) is 0. The number of rotatable bonds is 0. The van der Waals surface area contributed by atoms with Crippen molar-refractivity contribution in [3.63, 3.8) is 0 Å². The summed E-state index contributed by atoms with van der Waals surface area (Å²) in [5.41, 5.74) is 4.69. The van der Waals surface area contributed by atoms with Gasteiger partial charge in [-0.15, -0.1) is 0 Å². The summed E-state index contributed by atoms with van der Waals surface area (Å²) >= 11 is 4.24. The Morgan fingerprint density at radius 1 is 1.67 bits per heavy atom. The zero-order valence-corrected chi connectivity index (χ0v) is 7.65. The molecule has 0 fully saturated rings. The van der Waals surface area contributed by atoms with E-state index >= 15 is 0 Å². The Kier molecular flexibility index (Phi) is 15.6. The van der Waals surface area contributed by atoms with Crippen molar-refractivity contribution in [3.8, 4) is 0 Å². The van der Waals surface area contributed by atoms with Crippen LogP contribution >= 0.6 is 37.2 Å². The van der Waals surface area contributed by atoms with E-state index in [0.29, 0.717) is 0 Å². The second-order valence-electron chi connectivity index (χ2n) is 0.683. The monoisotopic (exact) mass is 312 g/mol. The van der Waals surface area contributed by atoms with Gasteiger partial charge in [0.15, 0.2) is 0 Å². The van der Waals surface area contributed by atoms with Crippen LogP contribution in [0, 0.1) is 5.41 Å². The first kappa shape index (κ1) is 10.0. The second-order valence-corrected chi connectivity index (χ2v) is 0.683. The number of hydrogen-bond donors (Lipinski definition) is 2. The first-order valence-electron chi connectivity index (χ1n) is 1.18. The summed E-state index contributed by atoms with van der Waals surface area (Å²) in [6.07, 6.45) is 0. The molecule has 0 bridgehead atoms. The van der Waals surface area contributed by atoms with Crippen molar-refractivity contribution < 1.29 is 0 Å². The Hall–Kier alpha value is 0.930. The molecule has 0 atom stereocenters. The molecule has 0 aliphatic heterocycles. The van der Waals surface area contributed by atoms with Crippen LogP contribution < -0.4 is 5.73 Å². The molecular formula is C2H6I2N2. The van der Waals surface area contributed by atoms with Crippen LogP contribution in [0.5, 0.6) is 0 Å². The van der Waals surface area contributed by atoms with Crippen LogP contribution in [-0.2, 0) is 0 Å². The normalized spacial score (nSPS) is 5.17. The molecule has 38 valence electrons. The van der Waals surface area contributed by atoms with Gasteiger partial charge < -0.3 is 5.73 Å². The van der Waals surface area contributed by atoms with E-state index in [1.54, 1.807) is 0 Å². The van der Waals surface area contributed by atoms with Gasteiger partial charge in [-0.2, -0.15) is 0 Å². The summed E-state index contributed by atoms with van der Waals surface area (Å²) in [7, 11) is 0. The van der Waals surface area contributed by atoms with Gasteiger partial charge in [-0.1, -0.05) is 0 Å². The van der Waals surface area contributed by atoms with Crippen molar-refractivity contribution in [2.75, 3.05) is 0 Å². The van der Waals surface area contributed by atoms with Gasteiger partial charge in [0.05, 0.1) is 5.84 Å². The van der Waals surface area contributed by atoms with Crippen molar-refractivity contribution in [2.45, 2.75) is 6.92 Å². The zero-order valence-electron chi connectivity index (χ0n) is 3.33. The van der Waals surface area contributed by atoms with Crippen molar-refractivity contribution in [3.05, 3.63) is 0 Å². The molecule has 0 amide bonds. The van der Waals surface area contributed by atoms with E-state index in [1.165, 1.54) is 6.92 Å². The van der Waals surface area contributed by atoms with Gasteiger partial charge in [-0.05, 0) is 6.92 Å². The fraction of sp³-hybridized carbons (Fsp3) is 0.500. The average Bonchev–Trinajstić information content (AvgIpc) is 1.41. The summed E-state index contributed by atoms with van der Waals surface area (Å²) in [6.45, 7) is 1.53. The first-order valence-corrected chi connectivity index (χ1v) is 7.47. The molecular weight excluding hydrogens is 306 g/mol. The van der Waals surface area contributed by atoms with Crippen LogP contribution in [0.4, 0.5) is 0 Å². The molecule has 6 heavy (non-hydrogen) atoms. The molecule has 0 aromatic carbocycles. The standard InChI is InChI=1S/C2H6N2.I2/c1-2(3)4;1-2/h1H3,(H3,3,4);. The molecule has 0 aromatic heterocycles. The molecule has 0 saturated heterocycles. The number of nitrogens with one attached hydrogen (secondary N) is 1. The van der Waals surface area contributed by atoms with Crippen molar-refractivity contribution in [1.82, 2.24) is 0 Å². The van der Waals surface area contributed by atoms with E-state index in [1.807, 2.05) is 0 Å². The topological polar surface area (TPSA) is 49.9 Å². The maximum absolute atomic E-state index is 6.28. The quantitative estimate of drug-likeness (QED) is 0.399. The van der Waals surface area contributed by atoms with Crippen molar-refractivity contribution in [2.24, 2.45) is 5.73 Å². The van der Waals surface area contributed by atoms with E-state index in [9.17, 15) is 0 Å². The Bertz CT molecular complexity index is 32.5. The molecule has 0 aromatic rings. The van der Waals surface area contributed by atoms with Crippen molar-refractivity contribution >= 4 is 43.1 Å². The minimum absolute atomic E-state index is 0.167. The maximum Gasteiger partial charge on any atom is 0.0873 e. The summed E-state index contributed by atoms with van der Waals surface area (Å²) in [6, 6.07) is 0. The second kappa shape index (κ2) is 9.33. The third-order valence-electron chi connectivity index (χ3n) is 0. The highest BCUT2D eigenvalue weighted by molar-refractivity contribution is 15.0. The van der Waals surface area contributed by atoms with Gasteiger partial charge in [0.25, 0.3) is 0 Å². The highest BCUT2D eigenvalue weighted by Crippen LogP contribution is 1.89. The minimum Gasteiger partial charge on any atom is -0.388 e. The number of amidine groups is 1. The molecule has 3 N–H and O–H groups in total. The van der Waals surface area contributed by atoms with Gasteiger partial charge in [-0.25, -0.2) is 0 Å². The molecule has 0 aliphatic rings. The average molecular weight is 312 g/mol. The highest BCUT2D eigenvalue weighted by atomic mass is 128. The summed E-state index contributed by atoms with van der Waals surface area (Å²) in [5, 5.41) is 6.28. The van der Waals surface area contributed by atoms with Gasteiger partial charge >= 0.3 is 0 Å². The van der Waals surface area contributed by atoms with Crippen LogP contribution in [-0.4, -0.2) is 5.84 Å². The van der Waals surface area contributed by atoms with Gasteiger partial charge in [0.1, 0.15) is 0 Å². The summed E-state index contributed by atoms with van der Waals surface area (Å²) in [5.74, 6) is 0.167. The predicted octanol–water partition coefficient (Wildman–Crippen LogP) is 1.71. The Balaban J connectivity index is 0. The fourth-order valence-electron chi connectivity index (χ4n) is 0. The van der Waals surface area contributed by atoms with Crippen LogP contribution in [0.25, 0.3) is 0 Å². The lowest BCUT2D eigenvalue weighted by Crippen LogP contribution is -2.00. The molecule has 0 radical (unpaired) electrons. The van der Waals surface area contributed by atoms with E-state index in [-0.39, 0.29) is 5.84 Å². The van der Waals surface area contributed by atoms with E-state index < -0.39 is 0 Å². The molecule has 0 saturated carbocycles. The molecule has 0 unspecified atom stereocenters. The fourth-order valence-corrected chi connectivity index (χ4v) is 0. The molecule has 2 nitrogen and oxygen atoms in total. The first-order chi connectivity index (χ1) is 2.73.